The first-order valence-corrected chi connectivity index (χ1v) is 13.0. The van der Waals surface area contributed by atoms with Crippen LogP contribution in [0.2, 0.25) is 0 Å². The van der Waals surface area contributed by atoms with E-state index in [9.17, 15) is 14.7 Å². The zero-order chi connectivity index (χ0) is 26.0. The van der Waals surface area contributed by atoms with Crippen LogP contribution in [0.3, 0.4) is 0 Å². The highest BCUT2D eigenvalue weighted by Gasteiger charge is 2.24. The predicted molar refractivity (Wildman–Crippen MR) is 139 cm³/mol. The quantitative estimate of drug-likeness (QED) is 0.308. The summed E-state index contributed by atoms with van der Waals surface area (Å²) < 4.78 is 1.95. The first-order chi connectivity index (χ1) is 18.0. The van der Waals surface area contributed by atoms with Crippen LogP contribution in [0.4, 0.5) is 9.93 Å². The number of benzene rings is 1. The van der Waals surface area contributed by atoms with Crippen LogP contribution in [0.15, 0.2) is 49.2 Å². The molecule has 0 atom stereocenters. The molecule has 3 heterocycles. The van der Waals surface area contributed by atoms with Crippen LogP contribution in [-0.2, 0) is 13.1 Å². The van der Waals surface area contributed by atoms with Crippen LogP contribution >= 0.6 is 11.3 Å². The Morgan fingerprint density at radius 2 is 1.92 bits per heavy atom. The molecule has 1 aliphatic heterocycles. The third-order valence-electron chi connectivity index (χ3n) is 5.92. The van der Waals surface area contributed by atoms with Gasteiger partial charge in [0, 0.05) is 51.7 Å². The van der Waals surface area contributed by atoms with E-state index in [-0.39, 0.29) is 24.6 Å². The second kappa shape index (κ2) is 13.0. The number of imidazole rings is 1. The molecule has 1 aliphatic rings. The number of hydrogen-bond donors (Lipinski definition) is 3. The average molecular weight is 523 g/mol. The Hall–Kier alpha value is -3.79. The number of aliphatic hydroxyl groups is 1. The molecular formula is C25H30N8O3S. The number of nitriles is 1. The van der Waals surface area contributed by atoms with Crippen LogP contribution in [-0.4, -0.2) is 75.3 Å². The highest BCUT2D eigenvalue weighted by Crippen LogP contribution is 2.25. The highest BCUT2D eigenvalue weighted by atomic mass is 32.1. The molecule has 1 aromatic carbocycles. The van der Waals surface area contributed by atoms with Crippen molar-refractivity contribution in [3.8, 4) is 6.07 Å². The molecule has 2 aromatic heterocycles. The normalized spacial score (nSPS) is 13.5. The number of urea groups is 1. The summed E-state index contributed by atoms with van der Waals surface area (Å²) in [6, 6.07) is 8.79. The Morgan fingerprint density at radius 3 is 2.62 bits per heavy atom. The average Bonchev–Trinajstić information content (AvgIpc) is 3.59. The number of nitrogens with zero attached hydrogens (tertiary/aromatic N) is 6. The SMILES string of the molecule is N#Cc1ccc(CN(C(=O)NCCCN2CC(O)C2)c2ncc(C(=O)NCCCn3ccnc3)s2)cc1. The first-order valence-electron chi connectivity index (χ1n) is 12.2. The van der Waals surface area contributed by atoms with Crippen LogP contribution in [0, 0.1) is 11.3 Å². The van der Waals surface area contributed by atoms with Crippen molar-refractivity contribution >= 4 is 28.4 Å². The van der Waals surface area contributed by atoms with Crippen molar-refractivity contribution in [3.05, 3.63) is 65.2 Å². The molecule has 37 heavy (non-hydrogen) atoms. The van der Waals surface area contributed by atoms with Gasteiger partial charge in [-0.1, -0.05) is 23.5 Å². The number of anilines is 1. The van der Waals surface area contributed by atoms with Gasteiger partial charge in [-0.3, -0.25) is 14.6 Å². The van der Waals surface area contributed by atoms with E-state index in [4.69, 9.17) is 5.26 Å². The fourth-order valence-electron chi connectivity index (χ4n) is 3.88. The van der Waals surface area contributed by atoms with Crippen molar-refractivity contribution < 1.29 is 14.7 Å². The maximum Gasteiger partial charge on any atom is 0.324 e. The number of thiazole rings is 1. The summed E-state index contributed by atoms with van der Waals surface area (Å²) in [7, 11) is 0. The van der Waals surface area contributed by atoms with Gasteiger partial charge in [0.2, 0.25) is 0 Å². The third kappa shape index (κ3) is 7.60. The number of carbonyl (C=O) groups excluding carboxylic acids is 2. The number of aromatic nitrogens is 3. The van der Waals surface area contributed by atoms with E-state index < -0.39 is 0 Å². The van der Waals surface area contributed by atoms with Crippen molar-refractivity contribution in [2.24, 2.45) is 0 Å². The Morgan fingerprint density at radius 1 is 1.16 bits per heavy atom. The predicted octanol–water partition coefficient (Wildman–Crippen LogP) is 1.81. The Bertz CT molecular complexity index is 1200. The lowest BCUT2D eigenvalue weighted by Gasteiger charge is -2.35. The first kappa shape index (κ1) is 26.3. The molecule has 0 saturated carbocycles. The minimum Gasteiger partial charge on any atom is -0.390 e. The second-order valence-corrected chi connectivity index (χ2v) is 9.82. The van der Waals surface area contributed by atoms with Gasteiger partial charge in [-0.25, -0.2) is 14.8 Å². The van der Waals surface area contributed by atoms with Crippen LogP contribution in [0.25, 0.3) is 0 Å². The molecule has 4 rings (SSSR count). The Labute approximate surface area is 219 Å². The Kier molecular flexibility index (Phi) is 9.20. The number of rotatable bonds is 12. The van der Waals surface area contributed by atoms with Gasteiger partial charge in [-0.15, -0.1) is 0 Å². The smallest absolute Gasteiger partial charge is 0.324 e. The van der Waals surface area contributed by atoms with Crippen molar-refractivity contribution in [2.75, 3.05) is 37.6 Å². The summed E-state index contributed by atoms with van der Waals surface area (Å²) in [6.07, 6.45) is 8.09. The highest BCUT2D eigenvalue weighted by molar-refractivity contribution is 7.17. The van der Waals surface area contributed by atoms with Crippen molar-refractivity contribution in [1.29, 1.82) is 5.26 Å². The van der Waals surface area contributed by atoms with Gasteiger partial charge in [0.25, 0.3) is 5.91 Å². The van der Waals surface area contributed by atoms with E-state index in [0.29, 0.717) is 41.8 Å². The van der Waals surface area contributed by atoms with Crippen LogP contribution < -0.4 is 15.5 Å². The lowest BCUT2D eigenvalue weighted by atomic mass is 10.1. The number of aliphatic hydroxyl groups excluding tert-OH is 1. The Balaban J connectivity index is 1.35. The second-order valence-electron chi connectivity index (χ2n) is 8.81. The summed E-state index contributed by atoms with van der Waals surface area (Å²) in [5.74, 6) is -0.232. The zero-order valence-electron chi connectivity index (χ0n) is 20.4. The van der Waals surface area contributed by atoms with Gasteiger partial charge in [-0.05, 0) is 30.5 Å². The monoisotopic (exact) mass is 522 g/mol. The molecule has 1 fully saturated rings. The number of β-amino-alcohol motifs (C(OH)–C–C–N with tert-alkyl or cyclic N) is 1. The van der Waals surface area contributed by atoms with Gasteiger partial charge < -0.3 is 20.3 Å². The fourth-order valence-corrected chi connectivity index (χ4v) is 4.71. The fraction of sp³-hybridized carbons (Fsp3) is 0.400. The molecule has 0 aliphatic carbocycles. The number of likely N-dealkylation sites (tertiary alicyclic amines) is 1. The van der Waals surface area contributed by atoms with E-state index in [0.717, 1.165) is 42.8 Å². The molecular weight excluding hydrogens is 492 g/mol. The zero-order valence-corrected chi connectivity index (χ0v) is 21.2. The summed E-state index contributed by atoms with van der Waals surface area (Å²) in [6.45, 7) is 4.13. The minimum absolute atomic E-state index is 0.232. The molecule has 0 spiro atoms. The van der Waals surface area contributed by atoms with E-state index in [1.807, 2.05) is 10.8 Å². The van der Waals surface area contributed by atoms with E-state index in [1.165, 1.54) is 11.1 Å². The number of aryl methyl sites for hydroxylation is 1. The number of amides is 3. The number of nitrogens with one attached hydrogen (secondary N) is 2. The molecule has 3 N–H and O–H groups in total. The van der Waals surface area contributed by atoms with E-state index in [1.54, 1.807) is 36.8 Å². The lowest BCUT2D eigenvalue weighted by Crippen LogP contribution is -2.51. The minimum atomic E-state index is -0.311. The van der Waals surface area contributed by atoms with Crippen molar-refractivity contribution in [1.82, 2.24) is 30.1 Å². The van der Waals surface area contributed by atoms with Crippen LogP contribution in [0.5, 0.6) is 0 Å². The van der Waals surface area contributed by atoms with Gasteiger partial charge >= 0.3 is 6.03 Å². The molecule has 11 nitrogen and oxygen atoms in total. The molecule has 3 amide bonds. The van der Waals surface area contributed by atoms with Gasteiger partial charge in [-0.2, -0.15) is 5.26 Å². The van der Waals surface area contributed by atoms with E-state index in [2.05, 4.69) is 31.6 Å². The van der Waals surface area contributed by atoms with E-state index >= 15 is 0 Å². The largest absolute Gasteiger partial charge is 0.390 e. The maximum absolute atomic E-state index is 13.1. The third-order valence-corrected chi connectivity index (χ3v) is 6.94. The summed E-state index contributed by atoms with van der Waals surface area (Å²) >= 11 is 1.16. The standard InChI is InChI=1S/C25H30N8O3S/c26-13-19-3-5-20(6-4-19)15-33(24(36)29-8-2-11-32-16-21(34)17-32)25-30-14-22(37-25)23(35)28-7-1-10-31-12-9-27-18-31/h3-6,9,12,14,18,21,34H,1-2,7-8,10-11,15-17H2,(H,28,35)(H,29,36). The van der Waals surface area contributed by atoms with Gasteiger partial charge in [0.15, 0.2) is 5.13 Å². The maximum atomic E-state index is 13.1. The molecule has 0 unspecified atom stereocenters. The molecule has 0 bridgehead atoms. The lowest BCUT2D eigenvalue weighted by molar-refractivity contribution is 0.00197. The topological polar surface area (TPSA) is 139 Å². The van der Waals surface area contributed by atoms with Gasteiger partial charge in [0.1, 0.15) is 4.88 Å². The molecule has 12 heteroatoms. The molecule has 194 valence electrons. The van der Waals surface area contributed by atoms with Crippen LogP contribution in [0.1, 0.15) is 33.6 Å². The van der Waals surface area contributed by atoms with Crippen molar-refractivity contribution in [2.45, 2.75) is 32.0 Å². The van der Waals surface area contributed by atoms with Crippen molar-refractivity contribution in [3.63, 3.8) is 0 Å². The summed E-state index contributed by atoms with van der Waals surface area (Å²) in [5.41, 5.74) is 1.38. The molecule has 0 radical (unpaired) electrons. The number of carbonyl (C=O) groups is 2. The summed E-state index contributed by atoms with van der Waals surface area (Å²) in [5, 5.41) is 24.7. The molecule has 3 aromatic rings. The van der Waals surface area contributed by atoms with Gasteiger partial charge in [0.05, 0.1) is 36.8 Å². The molecule has 1 saturated heterocycles. The number of hydrogen-bond acceptors (Lipinski definition) is 8. The summed E-state index contributed by atoms with van der Waals surface area (Å²) in [4.78, 5) is 38.2.